The van der Waals surface area contributed by atoms with Gasteiger partial charge in [0.2, 0.25) is 0 Å². The Kier molecular flexibility index (Phi) is 8.54. The number of benzene rings is 2. The van der Waals surface area contributed by atoms with Crippen molar-refractivity contribution in [2.45, 2.75) is 45.2 Å². The van der Waals surface area contributed by atoms with Gasteiger partial charge < -0.3 is 24.8 Å². The minimum absolute atomic E-state index is 0.188. The van der Waals surface area contributed by atoms with E-state index >= 15 is 0 Å². The van der Waals surface area contributed by atoms with Crippen LogP contribution in [0.2, 0.25) is 5.02 Å². The zero-order valence-electron chi connectivity index (χ0n) is 15.6. The second-order valence-electron chi connectivity index (χ2n) is 6.29. The number of ether oxygens (including phenoxy) is 2. The predicted octanol–water partition coefficient (Wildman–Crippen LogP) is 3.47. The van der Waals surface area contributed by atoms with Gasteiger partial charge in [-0.3, -0.25) is 0 Å². The molecule has 2 atom stereocenters. The Morgan fingerprint density at radius 3 is 2.30 bits per heavy atom. The van der Waals surface area contributed by atoms with Gasteiger partial charge in [-0.2, -0.15) is 0 Å². The normalized spacial score (nSPS) is 13.6. The summed E-state index contributed by atoms with van der Waals surface area (Å²) in [6.45, 7) is 4.23. The molecule has 2 aromatic rings. The first kappa shape index (κ1) is 21.7. The lowest BCUT2D eigenvalue weighted by Gasteiger charge is -2.25. The molecule has 0 saturated carbocycles. The van der Waals surface area contributed by atoms with E-state index in [4.69, 9.17) is 21.1 Å². The Balaban J connectivity index is 2.22. The van der Waals surface area contributed by atoms with Gasteiger partial charge in [0, 0.05) is 5.02 Å². The number of hydrogen-bond acceptors (Lipinski definition) is 5. The van der Waals surface area contributed by atoms with Crippen LogP contribution in [-0.4, -0.2) is 40.9 Å². The van der Waals surface area contributed by atoms with Crippen molar-refractivity contribution in [3.8, 4) is 5.75 Å². The van der Waals surface area contributed by atoms with Gasteiger partial charge in [-0.05, 0) is 54.7 Å². The van der Waals surface area contributed by atoms with Crippen molar-refractivity contribution in [1.82, 2.24) is 0 Å². The monoisotopic (exact) mass is 394 g/mol. The van der Waals surface area contributed by atoms with Gasteiger partial charge in [-0.1, -0.05) is 42.8 Å². The lowest BCUT2D eigenvalue weighted by atomic mass is 10.00. The quantitative estimate of drug-likeness (QED) is 0.538. The third-order valence-electron chi connectivity index (χ3n) is 4.30. The fourth-order valence-corrected chi connectivity index (χ4v) is 2.98. The number of aliphatic hydroxyl groups excluding tert-OH is 2. The summed E-state index contributed by atoms with van der Waals surface area (Å²) in [6, 6.07) is 13.0. The highest BCUT2D eigenvalue weighted by molar-refractivity contribution is 6.31. The van der Waals surface area contributed by atoms with Gasteiger partial charge in [0.25, 0.3) is 0 Å². The van der Waals surface area contributed by atoms with Crippen molar-refractivity contribution in [2.24, 2.45) is 0 Å². The molecule has 5 nitrogen and oxygen atoms in total. The molecular formula is C21H27ClO5. The van der Waals surface area contributed by atoms with E-state index in [1.165, 1.54) is 0 Å². The molecule has 0 aliphatic heterocycles. The summed E-state index contributed by atoms with van der Waals surface area (Å²) in [4.78, 5) is 0. The molecule has 0 heterocycles. The summed E-state index contributed by atoms with van der Waals surface area (Å²) >= 11 is 6.34. The third kappa shape index (κ3) is 6.19. The molecule has 0 aliphatic rings. The summed E-state index contributed by atoms with van der Waals surface area (Å²) in [5, 5.41) is 29.4. The first-order valence-electron chi connectivity index (χ1n) is 9.11. The van der Waals surface area contributed by atoms with Gasteiger partial charge >= 0.3 is 0 Å². The SMILES string of the molecule is CCOc1ccc(Cc2cc(C(OC(CC)CO)C(O)O)ccc2Cl)cc1. The Morgan fingerprint density at radius 2 is 1.74 bits per heavy atom. The van der Waals surface area contributed by atoms with E-state index in [-0.39, 0.29) is 6.61 Å². The second kappa shape index (κ2) is 10.6. The van der Waals surface area contributed by atoms with Crippen molar-refractivity contribution in [3.05, 3.63) is 64.2 Å². The van der Waals surface area contributed by atoms with E-state index in [0.29, 0.717) is 30.0 Å². The zero-order valence-corrected chi connectivity index (χ0v) is 16.4. The molecule has 0 aromatic heterocycles. The molecule has 27 heavy (non-hydrogen) atoms. The molecule has 0 bridgehead atoms. The van der Waals surface area contributed by atoms with Crippen LogP contribution in [0.1, 0.15) is 43.1 Å². The van der Waals surface area contributed by atoms with Crippen molar-refractivity contribution >= 4 is 11.6 Å². The van der Waals surface area contributed by atoms with Crippen LogP contribution in [-0.2, 0) is 11.2 Å². The molecule has 0 spiro atoms. The highest BCUT2D eigenvalue weighted by Gasteiger charge is 2.24. The molecule has 6 heteroatoms. The van der Waals surface area contributed by atoms with Gasteiger partial charge in [0.05, 0.1) is 19.3 Å². The fraction of sp³-hybridized carbons (Fsp3) is 0.429. The number of halogens is 1. The third-order valence-corrected chi connectivity index (χ3v) is 4.66. The summed E-state index contributed by atoms with van der Waals surface area (Å²) in [6.07, 6.45) is -1.98. The summed E-state index contributed by atoms with van der Waals surface area (Å²) in [5.41, 5.74) is 2.51. The van der Waals surface area contributed by atoms with E-state index < -0.39 is 18.5 Å². The summed E-state index contributed by atoms with van der Waals surface area (Å²) in [5.74, 6) is 0.813. The minimum Gasteiger partial charge on any atom is -0.494 e. The van der Waals surface area contributed by atoms with Crippen LogP contribution in [0.5, 0.6) is 5.75 Å². The van der Waals surface area contributed by atoms with E-state index in [2.05, 4.69) is 0 Å². The standard InChI is InChI=1S/C21H27ClO5/c1-3-17(13-23)27-20(21(24)25)15-7-10-19(22)16(12-15)11-14-5-8-18(9-6-14)26-4-2/h5-10,12,17,20-21,23-25H,3-4,11,13H2,1-2H3. The second-order valence-corrected chi connectivity index (χ2v) is 6.69. The van der Waals surface area contributed by atoms with Crippen molar-refractivity contribution in [1.29, 1.82) is 0 Å². The molecule has 0 radical (unpaired) electrons. The van der Waals surface area contributed by atoms with Crippen molar-refractivity contribution in [3.63, 3.8) is 0 Å². The van der Waals surface area contributed by atoms with Gasteiger partial charge in [0.15, 0.2) is 6.29 Å². The predicted molar refractivity (Wildman–Crippen MR) is 105 cm³/mol. The molecule has 0 saturated heterocycles. The number of hydrogen-bond donors (Lipinski definition) is 3. The van der Waals surface area contributed by atoms with Crippen LogP contribution < -0.4 is 4.74 Å². The Bertz CT molecular complexity index is 698. The van der Waals surface area contributed by atoms with Crippen LogP contribution in [0.3, 0.4) is 0 Å². The maximum atomic E-state index is 9.74. The molecule has 0 aliphatic carbocycles. The molecular weight excluding hydrogens is 368 g/mol. The highest BCUT2D eigenvalue weighted by Crippen LogP contribution is 2.29. The van der Waals surface area contributed by atoms with Gasteiger partial charge in [0.1, 0.15) is 11.9 Å². The minimum atomic E-state index is -1.70. The lowest BCUT2D eigenvalue weighted by molar-refractivity contribution is -0.173. The molecule has 3 N–H and O–H groups in total. The van der Waals surface area contributed by atoms with Crippen LogP contribution in [0, 0.1) is 0 Å². The topological polar surface area (TPSA) is 79.2 Å². The lowest BCUT2D eigenvalue weighted by Crippen LogP contribution is -2.27. The largest absolute Gasteiger partial charge is 0.494 e. The Morgan fingerprint density at radius 1 is 1.04 bits per heavy atom. The first-order valence-corrected chi connectivity index (χ1v) is 9.48. The van der Waals surface area contributed by atoms with Crippen molar-refractivity contribution < 1.29 is 24.8 Å². The smallest absolute Gasteiger partial charge is 0.182 e. The van der Waals surface area contributed by atoms with Crippen LogP contribution in [0.4, 0.5) is 0 Å². The number of aliphatic hydroxyl groups is 3. The van der Waals surface area contributed by atoms with Gasteiger partial charge in [-0.15, -0.1) is 0 Å². The first-order chi connectivity index (χ1) is 13.0. The molecule has 148 valence electrons. The Labute approximate surface area is 165 Å². The summed E-state index contributed by atoms with van der Waals surface area (Å²) in [7, 11) is 0. The maximum Gasteiger partial charge on any atom is 0.182 e. The van der Waals surface area contributed by atoms with E-state index in [1.54, 1.807) is 12.1 Å². The van der Waals surface area contributed by atoms with E-state index in [0.717, 1.165) is 16.9 Å². The van der Waals surface area contributed by atoms with Crippen LogP contribution in [0.25, 0.3) is 0 Å². The maximum absolute atomic E-state index is 9.74. The fourth-order valence-electron chi connectivity index (χ4n) is 2.79. The van der Waals surface area contributed by atoms with E-state index in [9.17, 15) is 15.3 Å². The highest BCUT2D eigenvalue weighted by atomic mass is 35.5. The number of rotatable bonds is 10. The zero-order chi connectivity index (χ0) is 19.8. The molecule has 2 aromatic carbocycles. The molecule has 2 unspecified atom stereocenters. The van der Waals surface area contributed by atoms with Crippen LogP contribution in [0.15, 0.2) is 42.5 Å². The average molecular weight is 395 g/mol. The molecule has 2 rings (SSSR count). The van der Waals surface area contributed by atoms with E-state index in [1.807, 2.05) is 44.2 Å². The van der Waals surface area contributed by atoms with Crippen LogP contribution >= 0.6 is 11.6 Å². The van der Waals surface area contributed by atoms with Gasteiger partial charge in [-0.25, -0.2) is 0 Å². The summed E-state index contributed by atoms with van der Waals surface area (Å²) < 4.78 is 11.1. The van der Waals surface area contributed by atoms with Crippen molar-refractivity contribution in [2.75, 3.05) is 13.2 Å². The average Bonchev–Trinajstić information content (AvgIpc) is 2.66. The molecule has 0 amide bonds. The Hall–Kier alpha value is -1.63. The molecule has 0 fully saturated rings.